The third kappa shape index (κ3) is 7.07. The van der Waals surface area contributed by atoms with Gasteiger partial charge in [0.2, 0.25) is 0 Å². The molecule has 0 saturated carbocycles. The van der Waals surface area contributed by atoms with Gasteiger partial charge in [-0.05, 0) is 60.8 Å². The number of hydrogen-bond donors (Lipinski definition) is 1. The van der Waals surface area contributed by atoms with Gasteiger partial charge in [0.1, 0.15) is 35.8 Å². The molecule has 0 bridgehead atoms. The van der Waals surface area contributed by atoms with Crippen LogP contribution >= 0.6 is 0 Å². The smallest absolute Gasteiger partial charge is 0.193 e. The highest BCUT2D eigenvalue weighted by atomic mass is 28.4. The highest BCUT2D eigenvalue weighted by Crippen LogP contribution is 2.43. The van der Waals surface area contributed by atoms with E-state index in [1.54, 1.807) is 7.11 Å². The van der Waals surface area contributed by atoms with Gasteiger partial charge in [-0.2, -0.15) is 0 Å². The predicted molar refractivity (Wildman–Crippen MR) is 172 cm³/mol. The van der Waals surface area contributed by atoms with Crippen molar-refractivity contribution < 1.29 is 28.5 Å². The van der Waals surface area contributed by atoms with Crippen LogP contribution in [0.3, 0.4) is 0 Å². The molecule has 0 spiro atoms. The minimum absolute atomic E-state index is 0.0579. The molecule has 1 heterocycles. The quantitative estimate of drug-likeness (QED) is 0.146. The topological polar surface area (TPSA) is 66.4 Å². The molecule has 0 aliphatic carbocycles. The summed E-state index contributed by atoms with van der Waals surface area (Å²) in [5.74, 6) is 2.57. The van der Waals surface area contributed by atoms with E-state index in [1.165, 1.54) is 0 Å². The van der Waals surface area contributed by atoms with Crippen LogP contribution < -0.4 is 4.74 Å². The second-order valence-corrected chi connectivity index (χ2v) is 17.8. The molecule has 7 heteroatoms. The first-order valence-corrected chi connectivity index (χ1v) is 17.7. The minimum atomic E-state index is -2.26. The van der Waals surface area contributed by atoms with Crippen molar-refractivity contribution >= 4 is 8.32 Å². The minimum Gasteiger partial charge on any atom is -0.497 e. The largest absolute Gasteiger partial charge is 0.497 e. The molecular formula is C36H46O6Si. The normalized spacial score (nSPS) is 20.3. The van der Waals surface area contributed by atoms with Gasteiger partial charge in [0.15, 0.2) is 14.1 Å². The van der Waals surface area contributed by atoms with E-state index in [9.17, 15) is 5.11 Å². The summed E-state index contributed by atoms with van der Waals surface area (Å²) in [6, 6.07) is 27.8. The lowest BCUT2D eigenvalue weighted by Gasteiger charge is -2.40. The second kappa shape index (κ2) is 13.0. The maximum absolute atomic E-state index is 11.8. The summed E-state index contributed by atoms with van der Waals surface area (Å²) in [4.78, 5) is 0. The van der Waals surface area contributed by atoms with Crippen LogP contribution in [-0.4, -0.2) is 57.3 Å². The van der Waals surface area contributed by atoms with Gasteiger partial charge in [-0.25, -0.2) is 0 Å². The summed E-state index contributed by atoms with van der Waals surface area (Å²) < 4.78 is 31.6. The maximum Gasteiger partial charge on any atom is 0.193 e. The van der Waals surface area contributed by atoms with Gasteiger partial charge >= 0.3 is 0 Å². The Bertz CT molecular complexity index is 1320. The molecule has 43 heavy (non-hydrogen) atoms. The lowest BCUT2D eigenvalue weighted by molar-refractivity contribution is -0.163. The number of methoxy groups -OCH3 is 1. The summed E-state index contributed by atoms with van der Waals surface area (Å²) in [7, 11) is -0.615. The number of rotatable bonds is 11. The van der Waals surface area contributed by atoms with E-state index in [2.05, 4.69) is 39.8 Å². The lowest BCUT2D eigenvalue weighted by Crippen LogP contribution is -2.51. The zero-order chi connectivity index (χ0) is 31.5. The average Bonchev–Trinajstić information content (AvgIpc) is 3.32. The summed E-state index contributed by atoms with van der Waals surface area (Å²) in [6.07, 6.45) is 2.81. The number of aliphatic hydroxyl groups excluding tert-OH is 1. The van der Waals surface area contributed by atoms with E-state index in [4.69, 9.17) is 29.8 Å². The molecule has 230 valence electrons. The molecule has 1 aliphatic rings. The van der Waals surface area contributed by atoms with Gasteiger partial charge in [-0.3, -0.25) is 0 Å². The van der Waals surface area contributed by atoms with Crippen molar-refractivity contribution in [3.8, 4) is 18.1 Å². The summed E-state index contributed by atoms with van der Waals surface area (Å²) in [6.45, 7) is 14.4. The Hall–Kier alpha value is -2.96. The van der Waals surface area contributed by atoms with Gasteiger partial charge < -0.3 is 28.5 Å². The average molecular weight is 603 g/mol. The Morgan fingerprint density at radius 1 is 0.860 bits per heavy atom. The molecule has 0 aromatic heterocycles. The van der Waals surface area contributed by atoms with Crippen LogP contribution in [0.5, 0.6) is 5.75 Å². The van der Waals surface area contributed by atoms with Gasteiger partial charge in [-0.1, -0.05) is 99.5 Å². The van der Waals surface area contributed by atoms with E-state index in [0.29, 0.717) is 0 Å². The van der Waals surface area contributed by atoms with Crippen LogP contribution in [0.25, 0.3) is 0 Å². The van der Waals surface area contributed by atoms with Crippen LogP contribution in [0.2, 0.25) is 18.1 Å². The number of ether oxygens (including phenoxy) is 4. The first-order valence-electron chi connectivity index (χ1n) is 14.8. The fourth-order valence-corrected chi connectivity index (χ4v) is 6.46. The van der Waals surface area contributed by atoms with E-state index in [0.717, 1.165) is 22.4 Å². The summed E-state index contributed by atoms with van der Waals surface area (Å²) >= 11 is 0. The number of hydrogen-bond acceptors (Lipinski definition) is 6. The number of aliphatic hydroxyl groups is 1. The Balaban J connectivity index is 1.72. The molecule has 1 aliphatic heterocycles. The standard InChI is InChI=1S/C36H46O6Si/c1-10-31(42-43(8,9)34(2,3)4)33-32(40-35(5,6)41-33)30(37)25-39-36(26-17-13-11-14-18-26,27-19-15-12-16-20-27)28-21-23-29(38-7)24-22-28/h1,11-24,30-33,37H,25H2,2-9H3/t30-,31?,32-,33+/m1/s1. The first-order chi connectivity index (χ1) is 20.2. The van der Waals surface area contributed by atoms with E-state index < -0.39 is 44.1 Å². The molecule has 3 aromatic carbocycles. The molecular weight excluding hydrogens is 556 g/mol. The summed E-state index contributed by atoms with van der Waals surface area (Å²) in [5.41, 5.74) is 1.69. The first kappa shape index (κ1) is 32.9. The molecule has 1 N–H and O–H groups in total. The van der Waals surface area contributed by atoms with Crippen molar-refractivity contribution in [2.24, 2.45) is 0 Å². The molecule has 6 nitrogen and oxygen atoms in total. The van der Waals surface area contributed by atoms with E-state index >= 15 is 0 Å². The molecule has 4 rings (SSSR count). The van der Waals surface area contributed by atoms with Crippen molar-refractivity contribution in [2.75, 3.05) is 13.7 Å². The van der Waals surface area contributed by atoms with Gasteiger partial charge in [0, 0.05) is 0 Å². The number of terminal acetylenes is 1. The monoisotopic (exact) mass is 602 g/mol. The second-order valence-electron chi connectivity index (χ2n) is 13.1. The molecule has 1 fully saturated rings. The van der Waals surface area contributed by atoms with Crippen molar-refractivity contribution in [3.05, 3.63) is 102 Å². The molecule has 1 saturated heterocycles. The van der Waals surface area contributed by atoms with Gasteiger partial charge in [0.05, 0.1) is 13.7 Å². The fraction of sp³-hybridized carbons (Fsp3) is 0.444. The van der Waals surface area contributed by atoms with Crippen molar-refractivity contribution in [1.29, 1.82) is 0 Å². The van der Waals surface area contributed by atoms with Crippen molar-refractivity contribution in [1.82, 2.24) is 0 Å². The van der Waals surface area contributed by atoms with E-state index in [-0.39, 0.29) is 11.6 Å². The molecule has 3 aromatic rings. The SMILES string of the molecule is C#CC(O[Si](C)(C)C(C)(C)C)[C@@H]1OC(C)(C)O[C@@H]1[C@H](O)COC(c1ccccc1)(c1ccccc1)c1ccc(OC)cc1. The van der Waals surface area contributed by atoms with Gasteiger partial charge in [-0.15, -0.1) is 6.42 Å². The Morgan fingerprint density at radius 3 is 1.81 bits per heavy atom. The summed E-state index contributed by atoms with van der Waals surface area (Å²) in [5, 5.41) is 11.7. The van der Waals surface area contributed by atoms with Crippen LogP contribution in [0.15, 0.2) is 84.9 Å². The number of benzene rings is 3. The third-order valence-corrected chi connectivity index (χ3v) is 13.0. The van der Waals surface area contributed by atoms with Crippen LogP contribution in [-0.2, 0) is 24.2 Å². The highest BCUT2D eigenvalue weighted by Gasteiger charge is 2.51. The maximum atomic E-state index is 11.8. The zero-order valence-electron chi connectivity index (χ0n) is 26.7. The molecule has 0 amide bonds. The molecule has 1 unspecified atom stereocenters. The van der Waals surface area contributed by atoms with Crippen molar-refractivity contribution in [3.63, 3.8) is 0 Å². The Kier molecular flexibility index (Phi) is 9.92. The lowest BCUT2D eigenvalue weighted by atomic mass is 9.80. The predicted octanol–water partition coefficient (Wildman–Crippen LogP) is 6.91. The Labute approximate surface area is 258 Å². The zero-order valence-corrected chi connectivity index (χ0v) is 27.7. The van der Waals surface area contributed by atoms with Crippen LogP contribution in [0, 0.1) is 12.3 Å². The van der Waals surface area contributed by atoms with Gasteiger partial charge in [0.25, 0.3) is 0 Å². The van der Waals surface area contributed by atoms with E-state index in [1.807, 2.05) is 98.8 Å². The van der Waals surface area contributed by atoms with Crippen LogP contribution in [0.4, 0.5) is 0 Å². The van der Waals surface area contributed by atoms with Crippen molar-refractivity contribution in [2.45, 2.75) is 88.6 Å². The third-order valence-electron chi connectivity index (χ3n) is 8.56. The molecule has 4 atom stereocenters. The van der Waals surface area contributed by atoms with Crippen LogP contribution in [0.1, 0.15) is 51.3 Å². The highest BCUT2D eigenvalue weighted by molar-refractivity contribution is 6.74. The fourth-order valence-electron chi connectivity index (χ4n) is 5.27. The molecule has 0 radical (unpaired) electrons. The Morgan fingerprint density at radius 2 is 1.35 bits per heavy atom.